The number of carbonyl (C=O) groups excluding carboxylic acids is 1. The molecule has 1 amide bonds. The molecule has 6 heteroatoms. The van der Waals surface area contributed by atoms with Crippen LogP contribution < -0.4 is 4.74 Å². The molecule has 1 saturated heterocycles. The van der Waals surface area contributed by atoms with Gasteiger partial charge in [0, 0.05) is 31.7 Å². The lowest BCUT2D eigenvalue weighted by Gasteiger charge is -2.32. The van der Waals surface area contributed by atoms with E-state index in [9.17, 15) is 4.79 Å². The first kappa shape index (κ1) is 18.8. The van der Waals surface area contributed by atoms with Crippen LogP contribution in [0.4, 0.5) is 0 Å². The van der Waals surface area contributed by atoms with E-state index in [0.717, 1.165) is 48.2 Å². The number of amides is 1. The highest BCUT2D eigenvalue weighted by atomic mass is 32.2. The van der Waals surface area contributed by atoms with Crippen LogP contribution in [-0.2, 0) is 11.4 Å². The average molecular weight is 394 g/mol. The molecule has 0 radical (unpaired) electrons. The lowest BCUT2D eigenvalue weighted by atomic mass is 10.2. The monoisotopic (exact) mass is 393 g/mol. The molecule has 144 valence electrons. The van der Waals surface area contributed by atoms with Gasteiger partial charge in [-0.15, -0.1) is 0 Å². The first-order valence-corrected chi connectivity index (χ1v) is 10.2. The number of piperazine rings is 1. The number of rotatable bonds is 4. The Hall–Kier alpha value is -2.57. The molecule has 5 nitrogen and oxygen atoms in total. The van der Waals surface area contributed by atoms with E-state index in [0.29, 0.717) is 11.5 Å². The molecular weight excluding hydrogens is 370 g/mol. The fourth-order valence-corrected chi connectivity index (χ4v) is 4.09. The number of thioether (sulfide) groups is 1. The van der Waals surface area contributed by atoms with Gasteiger partial charge in [-0.2, -0.15) is 4.99 Å². The first-order valence-electron chi connectivity index (χ1n) is 9.41. The Balaban J connectivity index is 1.46. The van der Waals surface area contributed by atoms with Gasteiger partial charge in [0.2, 0.25) is 0 Å². The van der Waals surface area contributed by atoms with E-state index < -0.39 is 0 Å². The fraction of sp³-hybridized carbons (Fsp3) is 0.273. The van der Waals surface area contributed by atoms with Crippen molar-refractivity contribution in [2.45, 2.75) is 6.61 Å². The number of benzene rings is 2. The smallest absolute Gasteiger partial charge is 0.286 e. The molecule has 1 fully saturated rings. The second-order valence-corrected chi connectivity index (χ2v) is 7.92. The molecule has 2 heterocycles. The van der Waals surface area contributed by atoms with E-state index in [1.807, 2.05) is 60.7 Å². The highest BCUT2D eigenvalue weighted by Crippen LogP contribution is 2.32. The summed E-state index contributed by atoms with van der Waals surface area (Å²) in [5.41, 5.74) is 2.00. The van der Waals surface area contributed by atoms with Crippen LogP contribution in [0.15, 0.2) is 64.5 Å². The van der Waals surface area contributed by atoms with Crippen molar-refractivity contribution in [3.63, 3.8) is 0 Å². The molecule has 0 bridgehead atoms. The Morgan fingerprint density at radius 1 is 1.04 bits per heavy atom. The predicted octanol–water partition coefficient (Wildman–Crippen LogP) is 3.48. The third-order valence-corrected chi connectivity index (χ3v) is 5.87. The minimum atomic E-state index is -0.170. The zero-order valence-electron chi connectivity index (χ0n) is 15.9. The zero-order chi connectivity index (χ0) is 19.3. The maximum Gasteiger partial charge on any atom is 0.286 e. The Bertz CT molecular complexity index is 903. The highest BCUT2D eigenvalue weighted by Gasteiger charge is 2.28. The molecular formula is C22H23N3O2S. The highest BCUT2D eigenvalue weighted by molar-refractivity contribution is 8.18. The zero-order valence-corrected chi connectivity index (χ0v) is 16.7. The van der Waals surface area contributed by atoms with E-state index in [-0.39, 0.29) is 5.91 Å². The predicted molar refractivity (Wildman–Crippen MR) is 114 cm³/mol. The van der Waals surface area contributed by atoms with Crippen LogP contribution in [0.2, 0.25) is 0 Å². The Morgan fingerprint density at radius 2 is 1.75 bits per heavy atom. The number of nitrogens with zero attached hydrogens (tertiary/aromatic N) is 3. The number of hydrogen-bond donors (Lipinski definition) is 0. The van der Waals surface area contributed by atoms with Crippen molar-refractivity contribution < 1.29 is 9.53 Å². The van der Waals surface area contributed by atoms with E-state index in [4.69, 9.17) is 4.74 Å². The van der Waals surface area contributed by atoms with Crippen molar-refractivity contribution in [2.24, 2.45) is 4.99 Å². The van der Waals surface area contributed by atoms with Gasteiger partial charge in [-0.1, -0.05) is 48.5 Å². The van der Waals surface area contributed by atoms with Crippen molar-refractivity contribution in [2.75, 3.05) is 33.2 Å². The normalized spacial score (nSPS) is 19.2. The maximum absolute atomic E-state index is 12.4. The topological polar surface area (TPSA) is 45.1 Å². The minimum absolute atomic E-state index is 0.170. The Morgan fingerprint density at radius 3 is 2.54 bits per heavy atom. The lowest BCUT2D eigenvalue weighted by molar-refractivity contribution is -0.113. The van der Waals surface area contributed by atoms with Crippen LogP contribution in [0.1, 0.15) is 11.1 Å². The third kappa shape index (κ3) is 4.46. The summed E-state index contributed by atoms with van der Waals surface area (Å²) in [7, 11) is 2.11. The van der Waals surface area contributed by atoms with Crippen LogP contribution in [0.25, 0.3) is 6.08 Å². The van der Waals surface area contributed by atoms with Crippen LogP contribution in [0, 0.1) is 0 Å². The number of amidine groups is 1. The molecule has 0 atom stereocenters. The lowest BCUT2D eigenvalue weighted by Crippen LogP contribution is -2.46. The average Bonchev–Trinajstić information content (AvgIpc) is 3.09. The Labute approximate surface area is 169 Å². The molecule has 2 aliphatic rings. The molecule has 0 aromatic heterocycles. The first-order chi connectivity index (χ1) is 13.7. The van der Waals surface area contributed by atoms with E-state index in [2.05, 4.69) is 21.8 Å². The summed E-state index contributed by atoms with van der Waals surface area (Å²) < 4.78 is 6.01. The van der Waals surface area contributed by atoms with Crippen molar-refractivity contribution in [1.82, 2.24) is 9.80 Å². The molecule has 2 aromatic carbocycles. The van der Waals surface area contributed by atoms with E-state index in [1.54, 1.807) is 0 Å². The third-order valence-electron chi connectivity index (χ3n) is 4.83. The number of carbonyl (C=O) groups is 1. The number of likely N-dealkylation sites (N-methyl/N-ethyl adjacent to an activating group) is 1. The van der Waals surface area contributed by atoms with Gasteiger partial charge in [-0.3, -0.25) is 4.79 Å². The second-order valence-electron chi connectivity index (χ2n) is 6.91. The molecule has 0 unspecified atom stereocenters. The molecule has 4 rings (SSSR count). The van der Waals surface area contributed by atoms with Gasteiger partial charge in [0.15, 0.2) is 5.17 Å². The van der Waals surface area contributed by atoms with Gasteiger partial charge in [-0.25, -0.2) is 0 Å². The number of aliphatic imine (C=N–C) groups is 1. The molecule has 0 saturated carbocycles. The van der Waals surface area contributed by atoms with Gasteiger partial charge in [0.25, 0.3) is 5.91 Å². The summed E-state index contributed by atoms with van der Waals surface area (Å²) in [5.74, 6) is 0.595. The summed E-state index contributed by atoms with van der Waals surface area (Å²) in [6.07, 6.45) is 1.89. The molecule has 0 N–H and O–H groups in total. The molecule has 0 spiro atoms. The van der Waals surface area contributed by atoms with Crippen LogP contribution in [-0.4, -0.2) is 54.1 Å². The van der Waals surface area contributed by atoms with E-state index >= 15 is 0 Å². The van der Waals surface area contributed by atoms with Crippen molar-refractivity contribution in [3.8, 4) is 5.75 Å². The molecule has 2 aromatic rings. The molecule has 0 aliphatic carbocycles. The Kier molecular flexibility index (Phi) is 5.78. The summed E-state index contributed by atoms with van der Waals surface area (Å²) in [5, 5.41) is 0.812. The van der Waals surface area contributed by atoms with Gasteiger partial charge >= 0.3 is 0 Å². The fourth-order valence-electron chi connectivity index (χ4n) is 3.14. The summed E-state index contributed by atoms with van der Waals surface area (Å²) in [6, 6.07) is 17.8. The summed E-state index contributed by atoms with van der Waals surface area (Å²) in [4.78, 5) is 21.8. The summed E-state index contributed by atoms with van der Waals surface area (Å²) in [6.45, 7) is 4.27. The maximum atomic E-state index is 12.4. The molecule has 2 aliphatic heterocycles. The number of hydrogen-bond acceptors (Lipinski definition) is 5. The van der Waals surface area contributed by atoms with Gasteiger partial charge in [0.1, 0.15) is 12.4 Å². The van der Waals surface area contributed by atoms with Crippen LogP contribution in [0.3, 0.4) is 0 Å². The van der Waals surface area contributed by atoms with Crippen LogP contribution in [0.5, 0.6) is 5.75 Å². The quantitative estimate of drug-likeness (QED) is 0.744. The van der Waals surface area contributed by atoms with Gasteiger partial charge < -0.3 is 14.5 Å². The summed E-state index contributed by atoms with van der Waals surface area (Å²) >= 11 is 1.46. The molecule has 28 heavy (non-hydrogen) atoms. The number of ether oxygens (including phenoxy) is 1. The van der Waals surface area contributed by atoms with Crippen LogP contribution >= 0.6 is 11.8 Å². The standard InChI is InChI=1S/C22H23N3O2S/c1-24-11-13-25(14-12-24)22-23-21(26)20(28-22)15-18-9-5-6-10-19(18)27-16-17-7-3-2-4-8-17/h2-10,15H,11-14,16H2,1H3/b20-15-. The SMILES string of the molecule is CN1CCN(C2=NC(=O)/C(=C/c3ccccc3OCc3ccccc3)S2)CC1. The van der Waals surface area contributed by atoms with Gasteiger partial charge in [-0.05, 0) is 36.5 Å². The van der Waals surface area contributed by atoms with E-state index in [1.165, 1.54) is 11.8 Å². The number of para-hydroxylation sites is 1. The van der Waals surface area contributed by atoms with Crippen molar-refractivity contribution in [3.05, 3.63) is 70.6 Å². The largest absolute Gasteiger partial charge is 0.488 e. The second kappa shape index (κ2) is 8.63. The van der Waals surface area contributed by atoms with Crippen molar-refractivity contribution in [1.29, 1.82) is 0 Å². The van der Waals surface area contributed by atoms with Gasteiger partial charge in [0.05, 0.1) is 4.91 Å². The minimum Gasteiger partial charge on any atom is -0.488 e. The van der Waals surface area contributed by atoms with Crippen molar-refractivity contribution >= 4 is 28.9 Å².